The lowest BCUT2D eigenvalue weighted by molar-refractivity contribution is 0.0946. The topological polar surface area (TPSA) is 71.2 Å². The maximum atomic E-state index is 12.4. The highest BCUT2D eigenvalue weighted by Gasteiger charge is 2.17. The number of hydrogen-bond donors (Lipinski definition) is 2. The summed E-state index contributed by atoms with van der Waals surface area (Å²) in [7, 11) is 0. The minimum Gasteiger partial charge on any atom is -0.347 e. The Balaban J connectivity index is 1.58. The molecule has 1 aliphatic heterocycles. The number of carbonyl (C=O) groups excluding carboxylic acids is 1. The number of amides is 1. The maximum Gasteiger partial charge on any atom is 0.271 e. The van der Waals surface area contributed by atoms with E-state index in [-0.39, 0.29) is 5.91 Å². The quantitative estimate of drug-likeness (QED) is 0.784. The number of nitrogens with one attached hydrogen (secondary N) is 1. The number of nitrogens with zero attached hydrogens (tertiary/aromatic N) is 2. The van der Waals surface area contributed by atoms with E-state index in [1.165, 1.54) is 35.3 Å². The predicted molar refractivity (Wildman–Crippen MR) is 106 cm³/mol. The van der Waals surface area contributed by atoms with Crippen LogP contribution < -0.4 is 11.1 Å². The number of benzene rings is 1. The number of likely N-dealkylation sites (tertiary alicyclic amines) is 1. The van der Waals surface area contributed by atoms with Crippen LogP contribution >= 0.6 is 11.3 Å². The highest BCUT2D eigenvalue weighted by molar-refractivity contribution is 7.09. The lowest BCUT2D eigenvalue weighted by atomic mass is 9.98. The van der Waals surface area contributed by atoms with Gasteiger partial charge in [0, 0.05) is 24.9 Å². The summed E-state index contributed by atoms with van der Waals surface area (Å²) in [6, 6.07) is 8.38. The second kappa shape index (κ2) is 9.26. The van der Waals surface area contributed by atoms with Crippen LogP contribution in [-0.2, 0) is 19.5 Å². The van der Waals surface area contributed by atoms with Crippen molar-refractivity contribution in [3.63, 3.8) is 0 Å². The third-order valence-electron chi connectivity index (χ3n) is 4.97. The van der Waals surface area contributed by atoms with Crippen LogP contribution in [0.15, 0.2) is 29.6 Å². The second-order valence-electron chi connectivity index (χ2n) is 7.08. The van der Waals surface area contributed by atoms with Gasteiger partial charge in [0.15, 0.2) is 0 Å². The predicted octanol–water partition coefficient (Wildman–Crippen LogP) is 2.81. The first-order valence-corrected chi connectivity index (χ1v) is 10.3. The molecule has 5 nitrogen and oxygen atoms in total. The van der Waals surface area contributed by atoms with Gasteiger partial charge in [-0.05, 0) is 49.5 Å². The van der Waals surface area contributed by atoms with E-state index in [1.807, 2.05) is 6.07 Å². The van der Waals surface area contributed by atoms with E-state index >= 15 is 0 Å². The lowest BCUT2D eigenvalue weighted by Crippen LogP contribution is -2.33. The molecule has 2 aromatic rings. The summed E-state index contributed by atoms with van der Waals surface area (Å²) < 4.78 is 0. The van der Waals surface area contributed by atoms with Gasteiger partial charge >= 0.3 is 0 Å². The van der Waals surface area contributed by atoms with Crippen LogP contribution in [0.2, 0.25) is 0 Å². The molecule has 140 valence electrons. The molecular weight excluding hydrogens is 344 g/mol. The molecule has 0 bridgehead atoms. The molecule has 3 rings (SSSR count). The molecule has 26 heavy (non-hydrogen) atoms. The van der Waals surface area contributed by atoms with Crippen LogP contribution in [-0.4, -0.2) is 35.4 Å². The number of nitrogens with two attached hydrogens (primary N) is 1. The number of aromatic nitrogens is 1. The van der Waals surface area contributed by atoms with E-state index in [0.717, 1.165) is 37.0 Å². The molecule has 0 aliphatic carbocycles. The molecule has 1 saturated heterocycles. The zero-order chi connectivity index (χ0) is 18.4. The molecule has 0 unspecified atom stereocenters. The molecule has 0 saturated carbocycles. The van der Waals surface area contributed by atoms with Crippen LogP contribution in [0.25, 0.3) is 0 Å². The van der Waals surface area contributed by atoms with E-state index in [9.17, 15) is 4.79 Å². The number of thiazole rings is 1. The average molecular weight is 373 g/mol. The van der Waals surface area contributed by atoms with Crippen molar-refractivity contribution >= 4 is 17.2 Å². The largest absolute Gasteiger partial charge is 0.347 e. The Kier molecular flexibility index (Phi) is 6.77. The minimum atomic E-state index is -0.119. The molecule has 2 heterocycles. The van der Waals surface area contributed by atoms with Crippen molar-refractivity contribution in [3.05, 3.63) is 51.5 Å². The molecule has 1 fully saturated rings. The Hall–Kier alpha value is -1.76. The standard InChI is InChI=1S/C20H28N4OS/c1-15-7-10-24(11-8-15)13-17-5-3-2-4-16(17)12-22-20(25)18-14-26-19(23-18)6-9-21/h2-5,14-15H,6-13,21H2,1H3,(H,22,25). The van der Waals surface area contributed by atoms with E-state index in [4.69, 9.17) is 5.73 Å². The van der Waals surface area contributed by atoms with Gasteiger partial charge in [0.2, 0.25) is 0 Å². The number of rotatable bonds is 7. The lowest BCUT2D eigenvalue weighted by Gasteiger charge is -2.30. The summed E-state index contributed by atoms with van der Waals surface area (Å²) in [5.74, 6) is 0.717. The molecule has 6 heteroatoms. The maximum absolute atomic E-state index is 12.4. The number of carbonyl (C=O) groups is 1. The number of piperidine rings is 1. The first-order chi connectivity index (χ1) is 12.7. The highest BCUT2D eigenvalue weighted by Crippen LogP contribution is 2.20. The zero-order valence-corrected chi connectivity index (χ0v) is 16.2. The Bertz CT molecular complexity index is 722. The van der Waals surface area contributed by atoms with Gasteiger partial charge in [-0.2, -0.15) is 0 Å². The van der Waals surface area contributed by atoms with Gasteiger partial charge in [0.1, 0.15) is 5.69 Å². The molecule has 1 aliphatic rings. The van der Waals surface area contributed by atoms with E-state index < -0.39 is 0 Å². The molecule has 1 aromatic carbocycles. The fourth-order valence-corrected chi connectivity index (χ4v) is 4.06. The third kappa shape index (κ3) is 5.13. The zero-order valence-electron chi connectivity index (χ0n) is 15.4. The summed E-state index contributed by atoms with van der Waals surface area (Å²) in [6.45, 7) is 6.68. The van der Waals surface area contributed by atoms with Crippen LogP contribution in [0.5, 0.6) is 0 Å². The third-order valence-corrected chi connectivity index (χ3v) is 5.88. The first-order valence-electron chi connectivity index (χ1n) is 9.37. The number of hydrogen-bond acceptors (Lipinski definition) is 5. The average Bonchev–Trinajstić information content (AvgIpc) is 3.12. The smallest absolute Gasteiger partial charge is 0.271 e. The molecule has 0 atom stereocenters. The van der Waals surface area contributed by atoms with Gasteiger partial charge in [-0.15, -0.1) is 11.3 Å². The van der Waals surface area contributed by atoms with Gasteiger partial charge in [0.05, 0.1) is 5.01 Å². The van der Waals surface area contributed by atoms with E-state index in [2.05, 4.69) is 40.3 Å². The van der Waals surface area contributed by atoms with Gasteiger partial charge in [-0.3, -0.25) is 9.69 Å². The van der Waals surface area contributed by atoms with Gasteiger partial charge < -0.3 is 11.1 Å². The van der Waals surface area contributed by atoms with Crippen LogP contribution in [0.1, 0.15) is 46.4 Å². The van der Waals surface area contributed by atoms with Crippen molar-refractivity contribution in [2.45, 2.75) is 39.3 Å². The monoisotopic (exact) mass is 372 g/mol. The van der Waals surface area contributed by atoms with Gasteiger partial charge in [0.25, 0.3) is 5.91 Å². The Morgan fingerprint density at radius 3 is 2.77 bits per heavy atom. The summed E-state index contributed by atoms with van der Waals surface area (Å²) in [5, 5.41) is 5.73. The van der Waals surface area contributed by atoms with Crippen LogP contribution in [0.3, 0.4) is 0 Å². The van der Waals surface area contributed by atoms with Crippen molar-refractivity contribution in [1.29, 1.82) is 0 Å². The van der Waals surface area contributed by atoms with Gasteiger partial charge in [-0.1, -0.05) is 31.2 Å². The Labute approximate surface area is 159 Å². The molecule has 1 amide bonds. The first kappa shape index (κ1) is 19.0. The SMILES string of the molecule is CC1CCN(Cc2ccccc2CNC(=O)c2csc(CCN)n2)CC1. The Morgan fingerprint density at radius 1 is 1.31 bits per heavy atom. The molecule has 1 aromatic heterocycles. The summed E-state index contributed by atoms with van der Waals surface area (Å²) >= 11 is 1.49. The molecule has 0 radical (unpaired) electrons. The molecule has 0 spiro atoms. The fourth-order valence-electron chi connectivity index (χ4n) is 3.26. The second-order valence-corrected chi connectivity index (χ2v) is 8.02. The summed E-state index contributed by atoms with van der Waals surface area (Å²) in [6.07, 6.45) is 3.26. The van der Waals surface area contributed by atoms with Crippen molar-refractivity contribution < 1.29 is 4.79 Å². The van der Waals surface area contributed by atoms with Crippen molar-refractivity contribution in [2.75, 3.05) is 19.6 Å². The van der Waals surface area contributed by atoms with Gasteiger partial charge in [-0.25, -0.2) is 4.98 Å². The fraction of sp³-hybridized carbons (Fsp3) is 0.500. The Morgan fingerprint density at radius 2 is 2.04 bits per heavy atom. The van der Waals surface area contributed by atoms with Crippen molar-refractivity contribution in [3.8, 4) is 0 Å². The van der Waals surface area contributed by atoms with E-state index in [1.54, 1.807) is 5.38 Å². The molecular formula is C20H28N4OS. The van der Waals surface area contributed by atoms with Crippen molar-refractivity contribution in [2.24, 2.45) is 11.7 Å². The molecule has 3 N–H and O–H groups in total. The highest BCUT2D eigenvalue weighted by atomic mass is 32.1. The normalized spacial score (nSPS) is 15.9. The van der Waals surface area contributed by atoms with Crippen LogP contribution in [0.4, 0.5) is 0 Å². The summed E-state index contributed by atoms with van der Waals surface area (Å²) in [5.41, 5.74) is 8.50. The minimum absolute atomic E-state index is 0.119. The van der Waals surface area contributed by atoms with Crippen molar-refractivity contribution in [1.82, 2.24) is 15.2 Å². The van der Waals surface area contributed by atoms with Crippen LogP contribution in [0, 0.1) is 5.92 Å². The van der Waals surface area contributed by atoms with E-state index in [0.29, 0.717) is 18.8 Å². The summed E-state index contributed by atoms with van der Waals surface area (Å²) in [4.78, 5) is 19.2.